The van der Waals surface area contributed by atoms with Crippen LogP contribution in [0, 0.1) is 11.6 Å². The molecule has 0 bridgehead atoms. The molecule has 2 aromatic heterocycles. The van der Waals surface area contributed by atoms with Crippen LogP contribution >= 0.6 is 0 Å². The first kappa shape index (κ1) is 28.6. The van der Waals surface area contributed by atoms with Gasteiger partial charge in [-0.25, -0.2) is 27.9 Å². The number of nitrogens with two attached hydrogens (primary N) is 1. The zero-order valence-corrected chi connectivity index (χ0v) is 22.3. The Labute approximate surface area is 235 Å². The van der Waals surface area contributed by atoms with Crippen molar-refractivity contribution in [3.8, 4) is 11.1 Å². The van der Waals surface area contributed by atoms with Crippen molar-refractivity contribution in [2.45, 2.75) is 18.5 Å². The lowest BCUT2D eigenvalue weighted by Gasteiger charge is -2.21. The molecule has 3 heterocycles. The van der Waals surface area contributed by atoms with Crippen LogP contribution in [0.25, 0.3) is 16.6 Å². The number of benzene rings is 2. The minimum absolute atomic E-state index is 0.0739. The number of aromatic nitrogens is 3. The molecule has 0 radical (unpaired) electrons. The van der Waals surface area contributed by atoms with Crippen molar-refractivity contribution >= 4 is 34.8 Å². The third kappa shape index (κ3) is 5.49. The van der Waals surface area contributed by atoms with E-state index in [0.29, 0.717) is 54.4 Å². The first-order chi connectivity index (χ1) is 19.8. The number of urea groups is 2. The monoisotopic (exact) mass is 588 g/mol. The number of hydrogen-bond donors (Lipinski definition) is 3. The summed E-state index contributed by atoms with van der Waals surface area (Å²) >= 11 is 0. The van der Waals surface area contributed by atoms with E-state index in [1.54, 1.807) is 29.6 Å². The highest BCUT2D eigenvalue weighted by Crippen LogP contribution is 2.37. The number of fused-ring (bicyclic) bond motifs is 1. The maximum Gasteiger partial charge on any atom is 0.416 e. The average Bonchev–Trinajstić information content (AvgIpc) is 3.56. The quantitative estimate of drug-likeness (QED) is 0.276. The van der Waals surface area contributed by atoms with Crippen LogP contribution in [0.15, 0.2) is 48.8 Å². The van der Waals surface area contributed by atoms with Gasteiger partial charge in [0.1, 0.15) is 23.5 Å². The van der Waals surface area contributed by atoms with Crippen LogP contribution in [-0.4, -0.2) is 63.6 Å². The van der Waals surface area contributed by atoms with Gasteiger partial charge in [0.15, 0.2) is 5.82 Å². The second kappa shape index (κ2) is 10.8. The summed E-state index contributed by atoms with van der Waals surface area (Å²) in [5.74, 6) is -1.89. The number of anilines is 3. The van der Waals surface area contributed by atoms with Crippen LogP contribution in [0.2, 0.25) is 0 Å². The highest BCUT2D eigenvalue weighted by molar-refractivity contribution is 6.00. The first-order valence-electron chi connectivity index (χ1n) is 12.7. The van der Waals surface area contributed by atoms with Gasteiger partial charge in [-0.1, -0.05) is 6.07 Å². The molecule has 10 nitrogen and oxygen atoms in total. The molecule has 1 aliphatic heterocycles. The third-order valence-electron chi connectivity index (χ3n) is 6.94. The van der Waals surface area contributed by atoms with Crippen LogP contribution in [0.3, 0.4) is 0 Å². The molecule has 1 fully saturated rings. The molecule has 4 N–H and O–H groups in total. The maximum absolute atomic E-state index is 15.2. The molecule has 1 atom stereocenters. The summed E-state index contributed by atoms with van der Waals surface area (Å²) < 4.78 is 69.7. The van der Waals surface area contributed by atoms with Crippen molar-refractivity contribution in [1.82, 2.24) is 24.4 Å². The second-order valence-electron chi connectivity index (χ2n) is 9.96. The van der Waals surface area contributed by atoms with Crippen molar-refractivity contribution in [2.75, 3.05) is 43.6 Å². The van der Waals surface area contributed by atoms with Gasteiger partial charge >= 0.3 is 18.2 Å². The lowest BCUT2D eigenvalue weighted by Crippen LogP contribution is -2.37. The van der Waals surface area contributed by atoms with Crippen LogP contribution < -0.4 is 16.4 Å². The van der Waals surface area contributed by atoms with Crippen LogP contribution in [0.5, 0.6) is 0 Å². The number of halogens is 5. The summed E-state index contributed by atoms with van der Waals surface area (Å²) in [5, 5.41) is 8.48. The molecular formula is C27H25F5N8O2. The summed E-state index contributed by atoms with van der Waals surface area (Å²) in [6, 6.07) is 6.00. The molecule has 0 aliphatic carbocycles. The average molecular weight is 589 g/mol. The van der Waals surface area contributed by atoms with Crippen molar-refractivity contribution in [3.05, 3.63) is 71.7 Å². The van der Waals surface area contributed by atoms with E-state index in [-0.39, 0.29) is 23.5 Å². The lowest BCUT2D eigenvalue weighted by atomic mass is 10.0. The van der Waals surface area contributed by atoms with Crippen molar-refractivity contribution < 1.29 is 31.5 Å². The zero-order chi connectivity index (χ0) is 30.3. The van der Waals surface area contributed by atoms with Gasteiger partial charge in [0.2, 0.25) is 0 Å². The van der Waals surface area contributed by atoms with Crippen molar-refractivity contribution in [3.63, 3.8) is 0 Å². The number of nitrogens with zero attached hydrogens (tertiary/aromatic N) is 5. The first-order valence-corrected chi connectivity index (χ1v) is 12.7. The molecule has 4 aromatic rings. The summed E-state index contributed by atoms with van der Waals surface area (Å²) in [6.07, 6.45) is -2.78. The molecular weight excluding hydrogens is 563 g/mol. The Morgan fingerprint density at radius 3 is 2.45 bits per heavy atom. The number of likely N-dealkylation sites (tertiary alicyclic amines) is 1. The number of amides is 4. The Balaban J connectivity index is 1.40. The largest absolute Gasteiger partial charge is 0.416 e. The topological polar surface area (TPSA) is 121 Å². The van der Waals surface area contributed by atoms with Crippen molar-refractivity contribution in [2.24, 2.45) is 0 Å². The minimum atomic E-state index is -4.75. The molecule has 0 spiro atoms. The normalized spacial score (nSPS) is 15.2. The molecule has 220 valence electrons. The summed E-state index contributed by atoms with van der Waals surface area (Å²) in [5.41, 5.74) is 6.08. The molecule has 4 amide bonds. The van der Waals surface area contributed by atoms with Gasteiger partial charge < -0.3 is 26.2 Å². The Kier molecular flexibility index (Phi) is 7.34. The van der Waals surface area contributed by atoms with Gasteiger partial charge in [-0.3, -0.25) is 0 Å². The van der Waals surface area contributed by atoms with Gasteiger partial charge in [0, 0.05) is 44.4 Å². The van der Waals surface area contributed by atoms with E-state index in [4.69, 9.17) is 5.73 Å². The number of carbonyl (C=O) groups excluding carboxylic acids is 2. The highest BCUT2D eigenvalue weighted by atomic mass is 19.4. The summed E-state index contributed by atoms with van der Waals surface area (Å²) in [7, 11) is 3.35. The number of rotatable bonds is 4. The van der Waals surface area contributed by atoms with E-state index < -0.39 is 35.1 Å². The van der Waals surface area contributed by atoms with Crippen LogP contribution in [-0.2, 0) is 6.18 Å². The maximum atomic E-state index is 15.2. The number of hydrogen-bond acceptors (Lipinski definition) is 5. The smallest absolute Gasteiger partial charge is 0.382 e. The summed E-state index contributed by atoms with van der Waals surface area (Å²) in [6.45, 7) is 0.998. The molecule has 42 heavy (non-hydrogen) atoms. The minimum Gasteiger partial charge on any atom is -0.382 e. The Bertz CT molecular complexity index is 1690. The standard InChI is InChI=1S/C27H25F5N8O2/c1-38(2)26(42)39-8-7-15(12-39)22-11-17(23-24(33)34-13-35-40(22)23)14-3-6-20(19(29)9-14)36-25(41)37-21-10-16(27(30,31)32)4-5-18(21)28/h3-6,9-11,13,15H,7-8,12H2,1-2H3,(H2,33,34,35)(H2,36,37,41). The molecule has 1 unspecified atom stereocenters. The van der Waals surface area contributed by atoms with E-state index >= 15 is 4.39 Å². The molecule has 5 rings (SSSR count). The van der Waals surface area contributed by atoms with Crippen LogP contribution in [0.4, 0.5) is 48.7 Å². The van der Waals surface area contributed by atoms with Gasteiger partial charge in [-0.2, -0.15) is 18.3 Å². The number of alkyl halides is 3. The second-order valence-corrected chi connectivity index (χ2v) is 9.96. The van der Waals surface area contributed by atoms with Crippen molar-refractivity contribution in [1.29, 1.82) is 0 Å². The fraction of sp³-hybridized carbons (Fsp3) is 0.259. The predicted octanol–water partition coefficient (Wildman–Crippen LogP) is 5.39. The van der Waals surface area contributed by atoms with Gasteiger partial charge in [-0.15, -0.1) is 0 Å². The fourth-order valence-corrected chi connectivity index (χ4v) is 4.92. The van der Waals surface area contributed by atoms with E-state index in [2.05, 4.69) is 15.4 Å². The fourth-order valence-electron chi connectivity index (χ4n) is 4.92. The Morgan fingerprint density at radius 1 is 1.02 bits per heavy atom. The molecule has 15 heteroatoms. The van der Waals surface area contributed by atoms with E-state index in [1.165, 1.54) is 23.4 Å². The zero-order valence-electron chi connectivity index (χ0n) is 22.3. The summed E-state index contributed by atoms with van der Waals surface area (Å²) in [4.78, 5) is 32.1. The number of carbonyl (C=O) groups is 2. The molecule has 1 aliphatic rings. The van der Waals surface area contributed by atoms with Crippen LogP contribution in [0.1, 0.15) is 23.6 Å². The molecule has 0 saturated carbocycles. The number of nitrogens with one attached hydrogen (secondary N) is 2. The Hall–Kier alpha value is -4.95. The molecule has 1 saturated heterocycles. The highest BCUT2D eigenvalue weighted by Gasteiger charge is 2.32. The van der Waals surface area contributed by atoms with Gasteiger partial charge in [0.05, 0.1) is 16.9 Å². The van der Waals surface area contributed by atoms with Gasteiger partial charge in [0.25, 0.3) is 0 Å². The van der Waals surface area contributed by atoms with E-state index in [0.717, 1.165) is 11.8 Å². The van der Waals surface area contributed by atoms with Gasteiger partial charge in [-0.05, 0) is 48.4 Å². The number of nitrogen functional groups attached to an aromatic ring is 1. The van der Waals surface area contributed by atoms with E-state index in [9.17, 15) is 27.2 Å². The lowest BCUT2D eigenvalue weighted by molar-refractivity contribution is -0.137. The van der Waals surface area contributed by atoms with E-state index in [1.807, 2.05) is 5.32 Å². The third-order valence-corrected chi connectivity index (χ3v) is 6.94. The predicted molar refractivity (Wildman–Crippen MR) is 145 cm³/mol. The Morgan fingerprint density at radius 2 is 1.76 bits per heavy atom. The molecule has 2 aromatic carbocycles. The SMILES string of the molecule is CN(C)C(=O)N1CCC(c2cc(-c3ccc(NC(=O)Nc4cc(C(F)(F)F)ccc4F)c(F)c3)c3c(N)ncnn23)C1.